The maximum absolute atomic E-state index is 13.1. The largest absolute Gasteiger partial charge is 0.338 e. The van der Waals surface area contributed by atoms with E-state index in [-0.39, 0.29) is 30.2 Å². The Morgan fingerprint density at radius 1 is 1.50 bits per heavy atom. The third-order valence-corrected chi connectivity index (χ3v) is 3.03. The van der Waals surface area contributed by atoms with Gasteiger partial charge in [0.2, 0.25) is 5.91 Å². The lowest BCUT2D eigenvalue weighted by Gasteiger charge is -2.29. The highest BCUT2D eigenvalue weighted by Gasteiger charge is 2.21. The number of nitrogens with two attached hydrogens (primary N) is 1. The molecule has 0 saturated heterocycles. The molecule has 1 amide bonds. The van der Waals surface area contributed by atoms with Gasteiger partial charge in [-0.05, 0) is 36.6 Å². The van der Waals surface area contributed by atoms with Crippen LogP contribution in [0.3, 0.4) is 0 Å². The Morgan fingerprint density at radius 2 is 2.22 bits per heavy atom. The zero-order valence-corrected chi connectivity index (χ0v) is 11.2. The molecule has 0 bridgehead atoms. The zero-order chi connectivity index (χ0) is 12.4. The van der Waals surface area contributed by atoms with Gasteiger partial charge in [-0.3, -0.25) is 4.79 Å². The normalized spacial score (nSPS) is 15.6. The van der Waals surface area contributed by atoms with Crippen LogP contribution in [-0.4, -0.2) is 23.4 Å². The Bertz CT molecular complexity index is 437. The molecule has 5 heteroatoms. The Balaban J connectivity index is 0.00000162. The average Bonchev–Trinajstić information content (AvgIpc) is 2.27. The molecule has 0 radical (unpaired) electrons. The number of benzene rings is 1. The van der Waals surface area contributed by atoms with Gasteiger partial charge in [-0.15, -0.1) is 12.4 Å². The van der Waals surface area contributed by atoms with Crippen LogP contribution >= 0.6 is 12.4 Å². The summed E-state index contributed by atoms with van der Waals surface area (Å²) in [6.45, 7) is 3.01. The Kier molecular flexibility index (Phi) is 5.11. The molecule has 2 rings (SSSR count). The molecule has 0 aliphatic carbocycles. The lowest BCUT2D eigenvalue weighted by Crippen LogP contribution is -2.38. The van der Waals surface area contributed by atoms with Crippen LogP contribution in [0.5, 0.6) is 0 Å². The molecule has 0 saturated carbocycles. The van der Waals surface area contributed by atoms with E-state index in [1.54, 1.807) is 11.0 Å². The van der Waals surface area contributed by atoms with Gasteiger partial charge in [0.25, 0.3) is 0 Å². The van der Waals surface area contributed by atoms with Crippen molar-refractivity contribution in [2.45, 2.75) is 32.4 Å². The molecule has 18 heavy (non-hydrogen) atoms. The highest BCUT2D eigenvalue weighted by molar-refractivity contribution is 5.85. The Hall–Kier alpha value is -1.13. The standard InChI is InChI=1S/C13H17FN2O.ClH/c1-9(15)6-13(17)16-5-4-10-2-3-12(14)7-11(10)8-16;/h2-3,7,9H,4-6,8,15H2,1H3;1H. The fraction of sp³-hybridized carbons (Fsp3) is 0.462. The highest BCUT2D eigenvalue weighted by Crippen LogP contribution is 2.20. The van der Waals surface area contributed by atoms with Gasteiger partial charge in [0.1, 0.15) is 5.82 Å². The van der Waals surface area contributed by atoms with E-state index in [1.165, 1.54) is 12.1 Å². The molecular weight excluding hydrogens is 255 g/mol. The maximum atomic E-state index is 13.1. The Morgan fingerprint density at radius 3 is 2.89 bits per heavy atom. The van der Waals surface area contributed by atoms with E-state index >= 15 is 0 Å². The second-order valence-corrected chi connectivity index (χ2v) is 4.66. The molecule has 1 aliphatic rings. The predicted molar refractivity (Wildman–Crippen MR) is 71.0 cm³/mol. The summed E-state index contributed by atoms with van der Waals surface area (Å²) in [6.07, 6.45) is 1.14. The molecule has 1 heterocycles. The highest BCUT2D eigenvalue weighted by atomic mass is 35.5. The first-order valence-electron chi connectivity index (χ1n) is 5.87. The van der Waals surface area contributed by atoms with Gasteiger partial charge >= 0.3 is 0 Å². The van der Waals surface area contributed by atoms with Crippen molar-refractivity contribution in [2.75, 3.05) is 6.54 Å². The van der Waals surface area contributed by atoms with Crippen LogP contribution in [0.25, 0.3) is 0 Å². The summed E-state index contributed by atoms with van der Waals surface area (Å²) in [5.74, 6) is -0.194. The van der Waals surface area contributed by atoms with Crippen molar-refractivity contribution in [3.05, 3.63) is 35.1 Å². The van der Waals surface area contributed by atoms with Gasteiger partial charge < -0.3 is 10.6 Å². The van der Waals surface area contributed by atoms with Gasteiger partial charge in [0, 0.05) is 25.6 Å². The smallest absolute Gasteiger partial charge is 0.224 e. The minimum atomic E-state index is -0.245. The molecule has 1 aliphatic heterocycles. The molecule has 0 aromatic heterocycles. The number of nitrogens with zero attached hydrogens (tertiary/aromatic N) is 1. The van der Waals surface area contributed by atoms with E-state index in [2.05, 4.69) is 0 Å². The third kappa shape index (κ3) is 3.43. The second-order valence-electron chi connectivity index (χ2n) is 4.66. The van der Waals surface area contributed by atoms with Crippen LogP contribution in [0.4, 0.5) is 4.39 Å². The number of carbonyl (C=O) groups is 1. The minimum absolute atomic E-state index is 0. The molecule has 1 unspecified atom stereocenters. The van der Waals surface area contributed by atoms with E-state index in [4.69, 9.17) is 5.73 Å². The van der Waals surface area contributed by atoms with E-state index < -0.39 is 0 Å². The van der Waals surface area contributed by atoms with Crippen molar-refractivity contribution in [3.63, 3.8) is 0 Å². The first-order valence-corrected chi connectivity index (χ1v) is 5.87. The van der Waals surface area contributed by atoms with Gasteiger partial charge in [-0.2, -0.15) is 0 Å². The van der Waals surface area contributed by atoms with Crippen molar-refractivity contribution in [1.29, 1.82) is 0 Å². The number of halogens is 2. The molecule has 1 atom stereocenters. The van der Waals surface area contributed by atoms with Crippen molar-refractivity contribution < 1.29 is 9.18 Å². The summed E-state index contributed by atoms with van der Waals surface area (Å²) in [7, 11) is 0. The Labute approximate surface area is 113 Å². The van der Waals surface area contributed by atoms with Gasteiger partial charge in [0.15, 0.2) is 0 Å². The van der Waals surface area contributed by atoms with Crippen LogP contribution in [-0.2, 0) is 17.8 Å². The van der Waals surface area contributed by atoms with Crippen molar-refractivity contribution in [1.82, 2.24) is 4.90 Å². The summed E-state index contributed by atoms with van der Waals surface area (Å²) in [6, 6.07) is 4.66. The predicted octanol–water partition coefficient (Wildman–Crippen LogP) is 1.87. The van der Waals surface area contributed by atoms with Crippen LogP contribution in [0.1, 0.15) is 24.5 Å². The number of hydrogen-bond acceptors (Lipinski definition) is 2. The summed E-state index contributed by atoms with van der Waals surface area (Å²) in [5, 5.41) is 0. The maximum Gasteiger partial charge on any atom is 0.224 e. The van der Waals surface area contributed by atoms with Crippen LogP contribution < -0.4 is 5.73 Å². The third-order valence-electron chi connectivity index (χ3n) is 3.03. The molecule has 1 aromatic carbocycles. The molecule has 100 valence electrons. The fourth-order valence-corrected chi connectivity index (χ4v) is 2.14. The monoisotopic (exact) mass is 272 g/mol. The summed E-state index contributed by atoms with van der Waals surface area (Å²) in [5.41, 5.74) is 7.66. The first kappa shape index (κ1) is 14.9. The molecule has 0 spiro atoms. The first-order chi connectivity index (χ1) is 8.06. The second kappa shape index (κ2) is 6.16. The van der Waals surface area contributed by atoms with E-state index in [0.29, 0.717) is 19.5 Å². The van der Waals surface area contributed by atoms with Gasteiger partial charge in [-0.25, -0.2) is 4.39 Å². The van der Waals surface area contributed by atoms with Crippen LogP contribution in [0.15, 0.2) is 18.2 Å². The molecule has 2 N–H and O–H groups in total. The van der Waals surface area contributed by atoms with Crippen molar-refractivity contribution in [2.24, 2.45) is 5.73 Å². The van der Waals surface area contributed by atoms with Crippen LogP contribution in [0.2, 0.25) is 0 Å². The van der Waals surface area contributed by atoms with E-state index in [9.17, 15) is 9.18 Å². The number of fused-ring (bicyclic) bond motifs is 1. The number of carbonyl (C=O) groups excluding carboxylic acids is 1. The summed E-state index contributed by atoms with van der Waals surface area (Å²) < 4.78 is 13.1. The van der Waals surface area contributed by atoms with Crippen molar-refractivity contribution >= 4 is 18.3 Å². The topological polar surface area (TPSA) is 46.3 Å². The average molecular weight is 273 g/mol. The minimum Gasteiger partial charge on any atom is -0.338 e. The van der Waals surface area contributed by atoms with Crippen LogP contribution in [0, 0.1) is 5.82 Å². The lowest BCUT2D eigenvalue weighted by atomic mass is 9.99. The van der Waals surface area contributed by atoms with E-state index in [1.807, 2.05) is 6.92 Å². The van der Waals surface area contributed by atoms with E-state index in [0.717, 1.165) is 17.5 Å². The lowest BCUT2D eigenvalue weighted by molar-refractivity contribution is -0.132. The van der Waals surface area contributed by atoms with Crippen molar-refractivity contribution in [3.8, 4) is 0 Å². The summed E-state index contributed by atoms with van der Waals surface area (Å²) >= 11 is 0. The number of amides is 1. The van der Waals surface area contributed by atoms with Gasteiger partial charge in [-0.1, -0.05) is 6.07 Å². The SMILES string of the molecule is CC(N)CC(=O)N1CCc2ccc(F)cc2C1.Cl. The zero-order valence-electron chi connectivity index (χ0n) is 10.4. The molecule has 0 fully saturated rings. The quantitative estimate of drug-likeness (QED) is 0.893. The number of hydrogen-bond donors (Lipinski definition) is 1. The van der Waals surface area contributed by atoms with Gasteiger partial charge in [0.05, 0.1) is 0 Å². The molecule has 3 nitrogen and oxygen atoms in total. The number of rotatable bonds is 2. The molecular formula is C13H18ClFN2O. The molecule has 1 aromatic rings. The summed E-state index contributed by atoms with van der Waals surface area (Å²) in [4.78, 5) is 13.6. The fourth-order valence-electron chi connectivity index (χ4n) is 2.14.